The highest BCUT2D eigenvalue weighted by molar-refractivity contribution is 7.07. The number of benzene rings is 1. The molecule has 0 fully saturated rings. The van der Waals surface area contributed by atoms with E-state index in [-0.39, 0.29) is 11.9 Å². The third-order valence-corrected chi connectivity index (χ3v) is 4.02. The van der Waals surface area contributed by atoms with Crippen LogP contribution < -0.4 is 10.6 Å². The normalized spacial score (nSPS) is 12.0. The molecule has 4 heteroatoms. The molecule has 2 N–H and O–H groups in total. The van der Waals surface area contributed by atoms with Crippen LogP contribution >= 0.6 is 11.3 Å². The summed E-state index contributed by atoms with van der Waals surface area (Å²) in [4.78, 5) is 12.5. The summed E-state index contributed by atoms with van der Waals surface area (Å²) in [6, 6.07) is 8.14. The average molecular weight is 302 g/mol. The van der Waals surface area contributed by atoms with E-state index in [1.807, 2.05) is 39.0 Å². The molecule has 1 amide bonds. The van der Waals surface area contributed by atoms with Crippen LogP contribution in [0.5, 0.6) is 0 Å². The second-order valence-electron chi connectivity index (χ2n) is 5.29. The SMILES string of the molecule is CCNc1ccc(C)cc1C(=O)NC(C)Cc1ccsc1. The number of anilines is 1. The molecule has 2 rings (SSSR count). The summed E-state index contributed by atoms with van der Waals surface area (Å²) >= 11 is 1.69. The predicted molar refractivity (Wildman–Crippen MR) is 90.3 cm³/mol. The first-order chi connectivity index (χ1) is 10.1. The first-order valence-electron chi connectivity index (χ1n) is 7.26. The minimum atomic E-state index is -0.0163. The maximum absolute atomic E-state index is 12.5. The van der Waals surface area contributed by atoms with E-state index in [1.54, 1.807) is 11.3 Å². The fourth-order valence-corrected chi connectivity index (χ4v) is 2.99. The van der Waals surface area contributed by atoms with Crippen LogP contribution in [0.25, 0.3) is 0 Å². The molecule has 0 aliphatic rings. The molecule has 1 heterocycles. The summed E-state index contributed by atoms with van der Waals surface area (Å²) in [7, 11) is 0. The zero-order valence-corrected chi connectivity index (χ0v) is 13.6. The molecule has 1 aromatic heterocycles. The van der Waals surface area contributed by atoms with E-state index < -0.39 is 0 Å². The van der Waals surface area contributed by atoms with Crippen LogP contribution in [0.15, 0.2) is 35.0 Å². The van der Waals surface area contributed by atoms with Crippen LogP contribution in [0, 0.1) is 6.92 Å². The first kappa shape index (κ1) is 15.6. The standard InChI is InChI=1S/C17H22N2OS/c1-4-18-16-6-5-12(2)9-15(16)17(20)19-13(3)10-14-7-8-21-11-14/h5-9,11,13,18H,4,10H2,1-3H3,(H,19,20). The third-order valence-electron chi connectivity index (χ3n) is 3.29. The smallest absolute Gasteiger partial charge is 0.253 e. The van der Waals surface area contributed by atoms with Gasteiger partial charge in [0.05, 0.1) is 5.56 Å². The van der Waals surface area contributed by atoms with E-state index >= 15 is 0 Å². The molecule has 112 valence electrons. The van der Waals surface area contributed by atoms with Crippen LogP contribution in [-0.2, 0) is 6.42 Å². The molecule has 3 nitrogen and oxygen atoms in total. The van der Waals surface area contributed by atoms with E-state index in [9.17, 15) is 4.79 Å². The summed E-state index contributed by atoms with van der Waals surface area (Å²) < 4.78 is 0. The van der Waals surface area contributed by atoms with E-state index in [0.717, 1.165) is 24.2 Å². The number of rotatable bonds is 6. The third kappa shape index (κ3) is 4.33. The lowest BCUT2D eigenvalue weighted by Crippen LogP contribution is -2.34. The van der Waals surface area contributed by atoms with Gasteiger partial charge in [-0.2, -0.15) is 11.3 Å². The highest BCUT2D eigenvalue weighted by atomic mass is 32.1. The summed E-state index contributed by atoms with van der Waals surface area (Å²) in [5.74, 6) is -0.0163. The molecular weight excluding hydrogens is 280 g/mol. The Morgan fingerprint density at radius 1 is 1.33 bits per heavy atom. The zero-order valence-electron chi connectivity index (χ0n) is 12.8. The van der Waals surface area contributed by atoms with Gasteiger partial charge in [0.25, 0.3) is 5.91 Å². The van der Waals surface area contributed by atoms with Gasteiger partial charge in [0.15, 0.2) is 0 Å². The molecule has 0 bridgehead atoms. The molecule has 0 aliphatic carbocycles. The van der Waals surface area contributed by atoms with Gasteiger partial charge in [-0.05, 0) is 61.7 Å². The fourth-order valence-electron chi connectivity index (χ4n) is 2.31. The Labute approximate surface area is 130 Å². The van der Waals surface area contributed by atoms with Gasteiger partial charge in [-0.3, -0.25) is 4.79 Å². The number of aryl methyl sites for hydroxylation is 1. The van der Waals surface area contributed by atoms with Crippen LogP contribution in [0.3, 0.4) is 0 Å². The molecule has 21 heavy (non-hydrogen) atoms. The van der Waals surface area contributed by atoms with Crippen molar-refractivity contribution in [2.45, 2.75) is 33.2 Å². The molecular formula is C17H22N2OS. The van der Waals surface area contributed by atoms with Crippen molar-refractivity contribution in [2.24, 2.45) is 0 Å². The molecule has 1 unspecified atom stereocenters. The Balaban J connectivity index is 2.07. The lowest BCUT2D eigenvalue weighted by Gasteiger charge is -2.16. The Kier molecular flexibility index (Phi) is 5.39. The minimum absolute atomic E-state index is 0.0163. The highest BCUT2D eigenvalue weighted by Crippen LogP contribution is 2.18. The second-order valence-corrected chi connectivity index (χ2v) is 6.07. The number of carbonyl (C=O) groups excluding carboxylic acids is 1. The largest absolute Gasteiger partial charge is 0.385 e. The summed E-state index contributed by atoms with van der Waals surface area (Å²) in [5, 5.41) is 10.5. The van der Waals surface area contributed by atoms with Gasteiger partial charge in [-0.15, -0.1) is 0 Å². The van der Waals surface area contributed by atoms with Gasteiger partial charge < -0.3 is 10.6 Å². The van der Waals surface area contributed by atoms with E-state index in [4.69, 9.17) is 0 Å². The van der Waals surface area contributed by atoms with Crippen molar-refractivity contribution < 1.29 is 4.79 Å². The highest BCUT2D eigenvalue weighted by Gasteiger charge is 2.14. The Hall–Kier alpha value is -1.81. The summed E-state index contributed by atoms with van der Waals surface area (Å²) in [5.41, 5.74) is 3.97. The zero-order chi connectivity index (χ0) is 15.2. The lowest BCUT2D eigenvalue weighted by atomic mass is 10.1. The van der Waals surface area contributed by atoms with Crippen molar-refractivity contribution in [1.82, 2.24) is 5.32 Å². The maximum atomic E-state index is 12.5. The van der Waals surface area contributed by atoms with Crippen LogP contribution in [0.2, 0.25) is 0 Å². The van der Waals surface area contributed by atoms with Crippen molar-refractivity contribution in [2.75, 3.05) is 11.9 Å². The van der Waals surface area contributed by atoms with Gasteiger partial charge >= 0.3 is 0 Å². The summed E-state index contributed by atoms with van der Waals surface area (Å²) in [6.07, 6.45) is 0.859. The van der Waals surface area contributed by atoms with Crippen molar-refractivity contribution >= 4 is 22.9 Å². The molecule has 0 saturated carbocycles. The van der Waals surface area contributed by atoms with Gasteiger partial charge in [0.2, 0.25) is 0 Å². The second kappa shape index (κ2) is 7.27. The van der Waals surface area contributed by atoms with Crippen molar-refractivity contribution in [1.29, 1.82) is 0 Å². The molecule has 2 aromatic rings. The number of nitrogens with one attached hydrogen (secondary N) is 2. The molecule has 0 aliphatic heterocycles. The number of hydrogen-bond donors (Lipinski definition) is 2. The van der Waals surface area contributed by atoms with Crippen molar-refractivity contribution in [3.05, 3.63) is 51.7 Å². The number of carbonyl (C=O) groups is 1. The molecule has 1 aromatic carbocycles. The lowest BCUT2D eigenvalue weighted by molar-refractivity contribution is 0.0941. The first-order valence-corrected chi connectivity index (χ1v) is 8.21. The number of amides is 1. The van der Waals surface area contributed by atoms with Crippen LogP contribution in [0.4, 0.5) is 5.69 Å². The average Bonchev–Trinajstić information content (AvgIpc) is 2.93. The van der Waals surface area contributed by atoms with E-state index in [1.165, 1.54) is 5.56 Å². The molecule has 1 atom stereocenters. The van der Waals surface area contributed by atoms with E-state index in [2.05, 4.69) is 27.5 Å². The van der Waals surface area contributed by atoms with E-state index in [0.29, 0.717) is 5.56 Å². The van der Waals surface area contributed by atoms with Gasteiger partial charge in [0.1, 0.15) is 0 Å². The Bertz CT molecular complexity index is 593. The minimum Gasteiger partial charge on any atom is -0.385 e. The monoisotopic (exact) mass is 302 g/mol. The predicted octanol–water partition coefficient (Wildman–Crippen LogP) is 3.85. The number of thiophene rings is 1. The van der Waals surface area contributed by atoms with Gasteiger partial charge in [0, 0.05) is 18.3 Å². The Morgan fingerprint density at radius 2 is 2.14 bits per heavy atom. The summed E-state index contributed by atoms with van der Waals surface area (Å²) in [6.45, 7) is 6.87. The van der Waals surface area contributed by atoms with Crippen molar-refractivity contribution in [3.63, 3.8) is 0 Å². The van der Waals surface area contributed by atoms with Crippen LogP contribution in [-0.4, -0.2) is 18.5 Å². The fraction of sp³-hybridized carbons (Fsp3) is 0.353. The topological polar surface area (TPSA) is 41.1 Å². The van der Waals surface area contributed by atoms with Crippen molar-refractivity contribution in [3.8, 4) is 0 Å². The number of hydrogen-bond acceptors (Lipinski definition) is 3. The molecule has 0 spiro atoms. The maximum Gasteiger partial charge on any atom is 0.253 e. The molecule has 0 radical (unpaired) electrons. The quantitative estimate of drug-likeness (QED) is 0.851. The van der Waals surface area contributed by atoms with Gasteiger partial charge in [-0.1, -0.05) is 11.6 Å². The Morgan fingerprint density at radius 3 is 2.81 bits per heavy atom. The van der Waals surface area contributed by atoms with Crippen LogP contribution in [0.1, 0.15) is 35.3 Å². The van der Waals surface area contributed by atoms with Gasteiger partial charge in [-0.25, -0.2) is 0 Å². The molecule has 0 saturated heterocycles.